The van der Waals surface area contributed by atoms with Gasteiger partial charge in [0.05, 0.1) is 26.7 Å². The largest absolute Gasteiger partial charge is 0.496 e. The van der Waals surface area contributed by atoms with E-state index in [1.54, 1.807) is 7.11 Å². The van der Waals surface area contributed by atoms with Gasteiger partial charge in [-0.25, -0.2) is 0 Å². The van der Waals surface area contributed by atoms with Crippen LogP contribution in [0.4, 0.5) is 0 Å². The zero-order valence-electron chi connectivity index (χ0n) is 15.8. The predicted octanol–water partition coefficient (Wildman–Crippen LogP) is 2.90. The Morgan fingerprint density at radius 1 is 1.20 bits per heavy atom. The van der Waals surface area contributed by atoms with Crippen LogP contribution in [-0.2, 0) is 26.1 Å². The number of piperidine rings is 1. The maximum atomic E-state index is 12.7. The second-order valence-corrected chi connectivity index (χ2v) is 7.95. The smallest absolute Gasteiger partial charge is 0.226 e. The molecule has 1 aromatic carbocycles. The van der Waals surface area contributed by atoms with Crippen LogP contribution in [-0.4, -0.2) is 50.0 Å². The molecule has 2 heterocycles. The van der Waals surface area contributed by atoms with Gasteiger partial charge in [0, 0.05) is 25.9 Å². The van der Waals surface area contributed by atoms with E-state index < -0.39 is 5.79 Å². The van der Waals surface area contributed by atoms with Crippen molar-refractivity contribution in [1.29, 1.82) is 0 Å². The fourth-order valence-corrected chi connectivity index (χ4v) is 3.62. The fraction of sp³-hybridized carbons (Fsp3) is 0.650. The van der Waals surface area contributed by atoms with Crippen LogP contribution in [0, 0.1) is 0 Å². The van der Waals surface area contributed by atoms with E-state index in [4.69, 9.17) is 14.2 Å². The number of amides is 1. The van der Waals surface area contributed by atoms with Gasteiger partial charge < -0.3 is 19.1 Å². The molecule has 5 heteroatoms. The normalized spacial score (nSPS) is 20.1. The minimum atomic E-state index is -0.434. The number of nitrogens with zero attached hydrogens (tertiary/aromatic N) is 1. The van der Waals surface area contributed by atoms with Crippen molar-refractivity contribution in [1.82, 2.24) is 4.90 Å². The first-order valence-corrected chi connectivity index (χ1v) is 9.06. The summed E-state index contributed by atoms with van der Waals surface area (Å²) in [5.74, 6) is 0.605. The van der Waals surface area contributed by atoms with E-state index in [2.05, 4.69) is 26.8 Å². The SMILES string of the molecule is COc1ccc(CC(=O)N2CCC3(CC2)OCCO3)cc1C(C)(C)C. The average molecular weight is 347 g/mol. The van der Waals surface area contributed by atoms with Gasteiger partial charge in [0.1, 0.15) is 5.75 Å². The molecule has 1 spiro atoms. The predicted molar refractivity (Wildman–Crippen MR) is 95.8 cm³/mol. The molecule has 0 radical (unpaired) electrons. The van der Waals surface area contributed by atoms with Crippen LogP contribution in [0.5, 0.6) is 5.75 Å². The molecule has 2 saturated heterocycles. The molecule has 1 aromatic rings. The van der Waals surface area contributed by atoms with Crippen molar-refractivity contribution in [3.63, 3.8) is 0 Å². The Hall–Kier alpha value is -1.59. The van der Waals surface area contributed by atoms with E-state index in [0.29, 0.717) is 32.7 Å². The fourth-order valence-electron chi connectivity index (χ4n) is 3.62. The highest BCUT2D eigenvalue weighted by Gasteiger charge is 2.40. The summed E-state index contributed by atoms with van der Waals surface area (Å²) in [4.78, 5) is 14.6. The van der Waals surface area contributed by atoms with Gasteiger partial charge in [-0.2, -0.15) is 0 Å². The molecular formula is C20H29NO4. The first kappa shape index (κ1) is 18.2. The van der Waals surface area contributed by atoms with Crippen molar-refractivity contribution in [2.45, 2.75) is 51.2 Å². The highest BCUT2D eigenvalue weighted by Crippen LogP contribution is 2.33. The Bertz CT molecular complexity index is 619. The molecule has 0 unspecified atom stereocenters. The third kappa shape index (κ3) is 3.98. The molecule has 0 aromatic heterocycles. The summed E-state index contributed by atoms with van der Waals surface area (Å²) in [6, 6.07) is 6.06. The number of ether oxygens (including phenoxy) is 3. The lowest BCUT2D eigenvalue weighted by Gasteiger charge is -2.37. The lowest BCUT2D eigenvalue weighted by molar-refractivity contribution is -0.187. The lowest BCUT2D eigenvalue weighted by atomic mass is 9.85. The summed E-state index contributed by atoms with van der Waals surface area (Å²) in [5, 5.41) is 0. The van der Waals surface area contributed by atoms with Crippen molar-refractivity contribution in [2.75, 3.05) is 33.4 Å². The van der Waals surface area contributed by atoms with Crippen molar-refractivity contribution in [2.24, 2.45) is 0 Å². The Balaban J connectivity index is 1.65. The molecule has 2 aliphatic heterocycles. The molecule has 25 heavy (non-hydrogen) atoms. The first-order valence-electron chi connectivity index (χ1n) is 9.06. The highest BCUT2D eigenvalue weighted by molar-refractivity contribution is 5.79. The monoisotopic (exact) mass is 347 g/mol. The van der Waals surface area contributed by atoms with Crippen molar-refractivity contribution >= 4 is 5.91 Å². The van der Waals surface area contributed by atoms with Crippen molar-refractivity contribution in [3.8, 4) is 5.75 Å². The van der Waals surface area contributed by atoms with Crippen LogP contribution in [0.25, 0.3) is 0 Å². The summed E-state index contributed by atoms with van der Waals surface area (Å²) in [6.07, 6.45) is 1.94. The van der Waals surface area contributed by atoms with Crippen LogP contribution in [0.3, 0.4) is 0 Å². The first-order chi connectivity index (χ1) is 11.8. The number of carbonyl (C=O) groups is 1. The van der Waals surface area contributed by atoms with Gasteiger partial charge in [-0.05, 0) is 22.6 Å². The molecule has 0 atom stereocenters. The quantitative estimate of drug-likeness (QED) is 0.843. The maximum Gasteiger partial charge on any atom is 0.226 e. The lowest BCUT2D eigenvalue weighted by Crippen LogP contribution is -2.47. The number of methoxy groups -OCH3 is 1. The summed E-state index contributed by atoms with van der Waals surface area (Å²) in [7, 11) is 1.69. The van der Waals surface area contributed by atoms with E-state index in [-0.39, 0.29) is 11.3 Å². The topological polar surface area (TPSA) is 48.0 Å². The van der Waals surface area contributed by atoms with Gasteiger partial charge in [-0.15, -0.1) is 0 Å². The number of hydrogen-bond donors (Lipinski definition) is 0. The van der Waals surface area contributed by atoms with E-state index in [0.717, 1.165) is 29.7 Å². The molecule has 2 fully saturated rings. The number of likely N-dealkylation sites (tertiary alicyclic amines) is 1. The standard InChI is InChI=1S/C20H29NO4/c1-19(2,3)16-13-15(5-6-17(16)23-4)14-18(22)21-9-7-20(8-10-21)24-11-12-25-20/h5-6,13H,7-12,14H2,1-4H3. The number of hydrogen-bond acceptors (Lipinski definition) is 4. The molecular weight excluding hydrogens is 318 g/mol. The zero-order chi connectivity index (χ0) is 18.1. The van der Waals surface area contributed by atoms with Gasteiger partial charge in [0.2, 0.25) is 5.91 Å². The van der Waals surface area contributed by atoms with E-state index in [9.17, 15) is 4.79 Å². The Morgan fingerprint density at radius 2 is 1.84 bits per heavy atom. The van der Waals surface area contributed by atoms with Crippen LogP contribution in [0.2, 0.25) is 0 Å². The maximum absolute atomic E-state index is 12.7. The van der Waals surface area contributed by atoms with Crippen molar-refractivity contribution in [3.05, 3.63) is 29.3 Å². The van der Waals surface area contributed by atoms with Gasteiger partial charge in [-0.1, -0.05) is 32.9 Å². The minimum absolute atomic E-state index is 0.0287. The third-order valence-corrected chi connectivity index (χ3v) is 5.12. The van der Waals surface area contributed by atoms with Gasteiger partial charge in [-0.3, -0.25) is 4.79 Å². The van der Waals surface area contributed by atoms with E-state index in [1.165, 1.54) is 0 Å². The summed E-state index contributed by atoms with van der Waals surface area (Å²) in [5.41, 5.74) is 2.13. The van der Waals surface area contributed by atoms with E-state index in [1.807, 2.05) is 17.0 Å². The average Bonchev–Trinajstić information content (AvgIpc) is 3.02. The summed E-state index contributed by atoms with van der Waals surface area (Å²) < 4.78 is 16.9. The highest BCUT2D eigenvalue weighted by atomic mass is 16.7. The second-order valence-electron chi connectivity index (χ2n) is 7.95. The van der Waals surface area contributed by atoms with Crippen molar-refractivity contribution < 1.29 is 19.0 Å². The minimum Gasteiger partial charge on any atom is -0.496 e. The molecule has 0 saturated carbocycles. The molecule has 138 valence electrons. The van der Waals surface area contributed by atoms with Gasteiger partial charge >= 0.3 is 0 Å². The Labute approximate surface area is 150 Å². The number of rotatable bonds is 3. The second kappa shape index (κ2) is 6.96. The van der Waals surface area contributed by atoms with Crippen LogP contribution < -0.4 is 4.74 Å². The molecule has 5 nitrogen and oxygen atoms in total. The van der Waals surface area contributed by atoms with E-state index >= 15 is 0 Å². The molecule has 2 aliphatic rings. The number of benzene rings is 1. The third-order valence-electron chi connectivity index (χ3n) is 5.12. The van der Waals surface area contributed by atoms with Crippen LogP contribution >= 0.6 is 0 Å². The van der Waals surface area contributed by atoms with Gasteiger partial charge in [0.25, 0.3) is 0 Å². The molecule has 0 N–H and O–H groups in total. The van der Waals surface area contributed by atoms with Gasteiger partial charge in [0.15, 0.2) is 5.79 Å². The number of carbonyl (C=O) groups excluding carboxylic acids is 1. The molecule has 3 rings (SSSR count). The Morgan fingerprint density at radius 3 is 2.40 bits per heavy atom. The molecule has 0 bridgehead atoms. The zero-order valence-corrected chi connectivity index (χ0v) is 15.8. The van der Waals surface area contributed by atoms with Crippen LogP contribution in [0.1, 0.15) is 44.7 Å². The summed E-state index contributed by atoms with van der Waals surface area (Å²) >= 11 is 0. The molecule has 0 aliphatic carbocycles. The molecule has 1 amide bonds. The summed E-state index contributed by atoms with van der Waals surface area (Å²) in [6.45, 7) is 9.18. The Kier molecular flexibility index (Phi) is 5.07. The van der Waals surface area contributed by atoms with Crippen LogP contribution in [0.15, 0.2) is 18.2 Å².